The van der Waals surface area contributed by atoms with Crippen molar-refractivity contribution in [3.05, 3.63) is 64.9 Å². The molecule has 4 aromatic rings. The lowest BCUT2D eigenvalue weighted by Gasteiger charge is -2.11. The van der Waals surface area contributed by atoms with Crippen LogP contribution in [0.5, 0.6) is 0 Å². The Kier molecular flexibility index (Phi) is 5.24. The summed E-state index contributed by atoms with van der Waals surface area (Å²) in [5, 5.41) is 8.43. The maximum atomic E-state index is 12.4. The van der Waals surface area contributed by atoms with Crippen molar-refractivity contribution in [2.75, 3.05) is 10.7 Å². The number of halogens is 1. The van der Waals surface area contributed by atoms with Crippen LogP contribution in [0.4, 0.5) is 16.3 Å². The molecule has 3 N–H and O–H groups in total. The molecule has 4 rings (SSSR count). The van der Waals surface area contributed by atoms with Gasteiger partial charge in [0.2, 0.25) is 0 Å². The van der Waals surface area contributed by atoms with E-state index in [9.17, 15) is 4.79 Å². The minimum atomic E-state index is -0.461. The number of fused-ring (bicyclic) bond motifs is 1. The SMILES string of the molecule is Cc1cc(NNC(=O)Nc2cc(Cl)nc(-c3ccccc3)c2)nc2c1c(C)nn2C. The van der Waals surface area contributed by atoms with Gasteiger partial charge in [-0.3, -0.25) is 15.5 Å². The van der Waals surface area contributed by atoms with E-state index in [1.165, 1.54) is 0 Å². The van der Waals surface area contributed by atoms with E-state index in [-0.39, 0.29) is 5.15 Å². The first-order valence-electron chi connectivity index (χ1n) is 9.27. The van der Waals surface area contributed by atoms with E-state index in [2.05, 4.69) is 31.2 Å². The van der Waals surface area contributed by atoms with Gasteiger partial charge in [-0.25, -0.2) is 14.8 Å². The van der Waals surface area contributed by atoms with Crippen LogP contribution in [0.3, 0.4) is 0 Å². The molecule has 0 aliphatic carbocycles. The van der Waals surface area contributed by atoms with Gasteiger partial charge in [-0.1, -0.05) is 41.9 Å². The second-order valence-corrected chi connectivity index (χ2v) is 7.25. The summed E-state index contributed by atoms with van der Waals surface area (Å²) in [6.07, 6.45) is 0. The molecule has 9 heteroatoms. The summed E-state index contributed by atoms with van der Waals surface area (Å²) in [7, 11) is 1.84. The zero-order chi connectivity index (χ0) is 21.3. The maximum Gasteiger partial charge on any atom is 0.337 e. The van der Waals surface area contributed by atoms with E-state index < -0.39 is 6.03 Å². The molecule has 8 nitrogen and oxygen atoms in total. The summed E-state index contributed by atoms with van der Waals surface area (Å²) in [6, 6.07) is 14.3. The number of hydrazine groups is 1. The highest BCUT2D eigenvalue weighted by molar-refractivity contribution is 6.29. The number of aryl methyl sites for hydroxylation is 3. The van der Waals surface area contributed by atoms with Gasteiger partial charge in [-0.05, 0) is 37.6 Å². The Bertz CT molecular complexity index is 1240. The molecule has 0 spiro atoms. The van der Waals surface area contributed by atoms with Gasteiger partial charge in [-0.15, -0.1) is 0 Å². The molecule has 0 unspecified atom stereocenters. The van der Waals surface area contributed by atoms with Crippen LogP contribution < -0.4 is 16.2 Å². The van der Waals surface area contributed by atoms with Crippen LogP contribution in [0.15, 0.2) is 48.5 Å². The van der Waals surface area contributed by atoms with Crippen molar-refractivity contribution in [3.8, 4) is 11.3 Å². The molecule has 0 aliphatic rings. The first kappa shape index (κ1) is 19.7. The standard InChI is InChI=1S/C21H20ClN7O/c1-12-9-18(25-20-19(12)13(2)28-29(20)3)26-27-21(30)23-15-10-16(24-17(22)11-15)14-7-5-4-6-8-14/h4-11H,1-3H3,(H,25,26)(H2,23,24,27,30). The Balaban J connectivity index is 1.47. The molecule has 30 heavy (non-hydrogen) atoms. The minimum absolute atomic E-state index is 0.286. The molecule has 152 valence electrons. The van der Waals surface area contributed by atoms with Crippen LogP contribution in [0.2, 0.25) is 5.15 Å². The second kappa shape index (κ2) is 8.00. The van der Waals surface area contributed by atoms with E-state index in [0.717, 1.165) is 27.9 Å². The number of carbonyl (C=O) groups is 1. The van der Waals surface area contributed by atoms with Crippen molar-refractivity contribution in [1.82, 2.24) is 25.2 Å². The monoisotopic (exact) mass is 421 g/mol. The fourth-order valence-corrected chi connectivity index (χ4v) is 3.54. The van der Waals surface area contributed by atoms with Gasteiger partial charge in [0.25, 0.3) is 0 Å². The summed E-state index contributed by atoms with van der Waals surface area (Å²) in [5.74, 6) is 0.510. The zero-order valence-corrected chi connectivity index (χ0v) is 17.4. The molecule has 0 aliphatic heterocycles. The molecule has 0 saturated carbocycles. The van der Waals surface area contributed by atoms with Crippen molar-refractivity contribution in [3.63, 3.8) is 0 Å². The molecular formula is C21H20ClN7O. The van der Waals surface area contributed by atoms with E-state index in [1.807, 2.05) is 57.3 Å². The highest BCUT2D eigenvalue weighted by atomic mass is 35.5. The highest BCUT2D eigenvalue weighted by Crippen LogP contribution is 2.24. The number of nitrogens with zero attached hydrogens (tertiary/aromatic N) is 4. The third-order valence-electron chi connectivity index (χ3n) is 4.59. The van der Waals surface area contributed by atoms with Crippen LogP contribution in [0.25, 0.3) is 22.3 Å². The van der Waals surface area contributed by atoms with Crippen LogP contribution >= 0.6 is 11.6 Å². The third-order valence-corrected chi connectivity index (χ3v) is 4.79. The van der Waals surface area contributed by atoms with Gasteiger partial charge in [0.15, 0.2) is 5.65 Å². The maximum absolute atomic E-state index is 12.4. The lowest BCUT2D eigenvalue weighted by Crippen LogP contribution is -2.34. The number of nitrogens with one attached hydrogen (secondary N) is 3. The van der Waals surface area contributed by atoms with Crippen molar-refractivity contribution in [2.24, 2.45) is 7.05 Å². The molecule has 0 atom stereocenters. The predicted molar refractivity (Wildman–Crippen MR) is 118 cm³/mol. The zero-order valence-electron chi connectivity index (χ0n) is 16.7. The van der Waals surface area contributed by atoms with E-state index in [0.29, 0.717) is 17.2 Å². The molecule has 3 aromatic heterocycles. The largest absolute Gasteiger partial charge is 0.337 e. The van der Waals surface area contributed by atoms with Crippen molar-refractivity contribution in [2.45, 2.75) is 13.8 Å². The molecule has 0 bridgehead atoms. The lowest BCUT2D eigenvalue weighted by atomic mass is 10.1. The van der Waals surface area contributed by atoms with Gasteiger partial charge in [-0.2, -0.15) is 5.10 Å². The van der Waals surface area contributed by atoms with Gasteiger partial charge in [0.05, 0.1) is 11.4 Å². The number of benzene rings is 1. The molecule has 2 amide bonds. The Hall–Kier alpha value is -3.65. The summed E-state index contributed by atoms with van der Waals surface area (Å²) >= 11 is 6.13. The Morgan fingerprint density at radius 1 is 1.07 bits per heavy atom. The minimum Gasteiger partial charge on any atom is -0.306 e. The first-order chi connectivity index (χ1) is 14.4. The molecular weight excluding hydrogens is 402 g/mol. The van der Waals surface area contributed by atoms with Crippen molar-refractivity contribution in [1.29, 1.82) is 0 Å². The van der Waals surface area contributed by atoms with E-state index in [1.54, 1.807) is 16.8 Å². The van der Waals surface area contributed by atoms with Crippen LogP contribution in [-0.4, -0.2) is 25.8 Å². The highest BCUT2D eigenvalue weighted by Gasteiger charge is 2.12. The summed E-state index contributed by atoms with van der Waals surface area (Å²) in [5.41, 5.74) is 10.2. The average molecular weight is 422 g/mol. The summed E-state index contributed by atoms with van der Waals surface area (Å²) < 4.78 is 1.72. The summed E-state index contributed by atoms with van der Waals surface area (Å²) in [6.45, 7) is 3.92. The molecule has 0 saturated heterocycles. The van der Waals surface area contributed by atoms with Gasteiger partial charge >= 0.3 is 6.03 Å². The summed E-state index contributed by atoms with van der Waals surface area (Å²) in [4.78, 5) is 21.2. The Morgan fingerprint density at radius 3 is 2.60 bits per heavy atom. The van der Waals surface area contributed by atoms with E-state index >= 15 is 0 Å². The first-order valence-corrected chi connectivity index (χ1v) is 9.65. The number of anilines is 2. The number of carbonyl (C=O) groups excluding carboxylic acids is 1. The number of hydrogen-bond acceptors (Lipinski definition) is 5. The van der Waals surface area contributed by atoms with Gasteiger partial charge in [0.1, 0.15) is 11.0 Å². The Labute approximate surface area is 178 Å². The number of amides is 2. The molecule has 1 aromatic carbocycles. The van der Waals surface area contributed by atoms with Crippen LogP contribution in [-0.2, 0) is 7.05 Å². The number of aromatic nitrogens is 4. The van der Waals surface area contributed by atoms with Crippen molar-refractivity contribution >= 4 is 40.2 Å². The fraction of sp³-hybridized carbons (Fsp3) is 0.143. The molecule has 0 fully saturated rings. The fourth-order valence-electron chi connectivity index (χ4n) is 3.33. The van der Waals surface area contributed by atoms with E-state index in [4.69, 9.17) is 11.6 Å². The average Bonchev–Trinajstić information content (AvgIpc) is 3.00. The van der Waals surface area contributed by atoms with Crippen LogP contribution in [0, 0.1) is 13.8 Å². The number of pyridine rings is 2. The number of urea groups is 1. The molecule has 3 heterocycles. The lowest BCUT2D eigenvalue weighted by molar-refractivity contribution is 0.254. The second-order valence-electron chi connectivity index (χ2n) is 6.87. The third kappa shape index (κ3) is 4.04. The van der Waals surface area contributed by atoms with Crippen molar-refractivity contribution < 1.29 is 4.79 Å². The predicted octanol–water partition coefficient (Wildman–Crippen LogP) is 4.45. The topological polar surface area (TPSA) is 96.8 Å². The number of rotatable bonds is 4. The van der Waals surface area contributed by atoms with Gasteiger partial charge in [0, 0.05) is 23.7 Å². The molecule has 0 radical (unpaired) electrons. The normalized spacial score (nSPS) is 10.8. The number of hydrogen-bond donors (Lipinski definition) is 3. The smallest absolute Gasteiger partial charge is 0.306 e. The van der Waals surface area contributed by atoms with Crippen LogP contribution in [0.1, 0.15) is 11.3 Å². The Morgan fingerprint density at radius 2 is 1.83 bits per heavy atom. The van der Waals surface area contributed by atoms with Gasteiger partial charge < -0.3 is 5.32 Å². The quantitative estimate of drug-likeness (QED) is 0.334.